The molecule has 0 aromatic carbocycles. The Kier molecular flexibility index (Phi) is 61.1. The molecule has 0 aliphatic carbocycles. The van der Waals surface area contributed by atoms with E-state index in [2.05, 4.69) is 103 Å². The van der Waals surface area contributed by atoms with Gasteiger partial charge < -0.3 is 50.3 Å². The van der Waals surface area contributed by atoms with Crippen LogP contribution in [0.25, 0.3) is 0 Å². The molecule has 5 fully saturated rings. The molecule has 5 heterocycles. The highest BCUT2D eigenvalue weighted by molar-refractivity contribution is 5.90. The van der Waals surface area contributed by atoms with Gasteiger partial charge in [-0.15, -0.1) is 0 Å². The highest BCUT2D eigenvalue weighted by Gasteiger charge is 2.33. The molecule has 20 heteroatoms. The highest BCUT2D eigenvalue weighted by atomic mass is 16.6. The summed E-state index contributed by atoms with van der Waals surface area (Å²) in [7, 11) is 0. The van der Waals surface area contributed by atoms with Crippen LogP contribution in [0.1, 0.15) is 391 Å². The maximum absolute atomic E-state index is 12.2. The van der Waals surface area contributed by atoms with Crippen molar-refractivity contribution in [3.8, 4) is 0 Å². The van der Waals surface area contributed by atoms with Crippen molar-refractivity contribution in [2.45, 2.75) is 421 Å². The molecule has 0 radical (unpaired) electrons. The molecule has 616 valence electrons. The predicted octanol–water partition coefficient (Wildman–Crippen LogP) is 18.2. The van der Waals surface area contributed by atoms with Gasteiger partial charge in [0.25, 0.3) is 0 Å². The summed E-state index contributed by atoms with van der Waals surface area (Å²) in [6, 6.07) is -2.07. The van der Waals surface area contributed by atoms with E-state index in [1.807, 2.05) is 0 Å². The molecule has 0 aromatic rings. The maximum Gasteiger partial charge on any atom is 0.328 e. The Labute approximate surface area is 644 Å². The Hall–Kier alpha value is -5.30. The molecule has 0 bridgehead atoms. The quantitative estimate of drug-likeness (QED) is 0.0215. The molecule has 0 aromatic heterocycles. The summed E-state index contributed by atoms with van der Waals surface area (Å²) >= 11 is 0. The average molecular weight is 1500 g/mol. The monoisotopic (exact) mass is 1500 g/mol. The third-order valence-electron chi connectivity index (χ3n) is 21.1. The van der Waals surface area contributed by atoms with Crippen LogP contribution < -0.4 is 26.6 Å². The van der Waals surface area contributed by atoms with Crippen molar-refractivity contribution in [2.24, 2.45) is 35.5 Å². The molecular formula is C86H157N5O15. The van der Waals surface area contributed by atoms with Gasteiger partial charge in [0.1, 0.15) is 30.2 Å². The molecule has 5 amide bonds. The van der Waals surface area contributed by atoms with Crippen LogP contribution in [0.15, 0.2) is 0 Å². The molecule has 5 N–H and O–H groups in total. The van der Waals surface area contributed by atoms with Gasteiger partial charge in [-0.1, -0.05) is 282 Å². The Morgan fingerprint density at radius 3 is 0.830 bits per heavy atom. The second-order valence-electron chi connectivity index (χ2n) is 31.8. The average Bonchev–Trinajstić information content (AvgIpc) is 1.79. The van der Waals surface area contributed by atoms with Gasteiger partial charge in [-0.05, 0) is 113 Å². The first-order valence-corrected chi connectivity index (χ1v) is 43.4. The van der Waals surface area contributed by atoms with Crippen molar-refractivity contribution in [2.75, 3.05) is 33.0 Å². The van der Waals surface area contributed by atoms with Crippen LogP contribution in [0.5, 0.6) is 0 Å². The van der Waals surface area contributed by atoms with Crippen molar-refractivity contribution in [3.63, 3.8) is 0 Å². The molecule has 5 aliphatic heterocycles. The summed E-state index contributed by atoms with van der Waals surface area (Å²) in [6.07, 6.45) is 53.5. The number of unbranched alkanes of at least 4 members (excludes halogenated alkanes) is 22. The fraction of sp³-hybridized carbons (Fsp3) is 0.884. The summed E-state index contributed by atoms with van der Waals surface area (Å²) < 4.78 is 26.8. The van der Waals surface area contributed by atoms with Crippen LogP contribution in [0.2, 0.25) is 0 Å². The van der Waals surface area contributed by atoms with Crippen LogP contribution in [0.4, 0.5) is 0 Å². The van der Waals surface area contributed by atoms with E-state index in [1.54, 1.807) is 0 Å². The van der Waals surface area contributed by atoms with Gasteiger partial charge in [-0.25, -0.2) is 24.0 Å². The molecule has 5 saturated heterocycles. The van der Waals surface area contributed by atoms with E-state index < -0.39 is 30.2 Å². The van der Waals surface area contributed by atoms with Crippen molar-refractivity contribution in [1.29, 1.82) is 0 Å². The molecular weight excluding hydrogens is 1340 g/mol. The lowest BCUT2D eigenvalue weighted by Gasteiger charge is -2.18. The van der Waals surface area contributed by atoms with E-state index in [9.17, 15) is 47.9 Å². The van der Waals surface area contributed by atoms with Crippen molar-refractivity contribution in [3.05, 3.63) is 0 Å². The zero-order valence-corrected chi connectivity index (χ0v) is 69.2. The zero-order chi connectivity index (χ0) is 78.4. The molecule has 0 saturated carbocycles. The van der Waals surface area contributed by atoms with Crippen molar-refractivity contribution < 1.29 is 71.6 Å². The van der Waals surface area contributed by atoms with Crippen molar-refractivity contribution in [1.82, 2.24) is 26.6 Å². The van der Waals surface area contributed by atoms with E-state index in [1.165, 1.54) is 193 Å². The SMILES string of the molecule is CC(C)CCCC(C)CCOC(=O)[C@@H]1CCC(=O)N1.CCCCC(C)COC(=O)[C@@H]1CCC(=O)N1.CCCCC(CC)COC(=O)[C@@H]1CCC(=O)N1.CCCCCCCCC(CCCCCC)COC(=O)[C@@H]1CCC(=O)N1.CCCCCCCCCCC(CCCCCCCC)COC(=O)[C@@H]1CCC(=O)N1. The Balaban J connectivity index is 0.000000674. The first-order chi connectivity index (χ1) is 51.1. The minimum absolute atomic E-state index is 0.0329. The number of carbonyl (C=O) groups excluding carboxylic acids is 10. The summed E-state index contributed by atoms with van der Waals surface area (Å²) in [6.45, 7) is 26.6. The standard InChI is InChI=1S/C25H47NO3.C21H39NO3.C15H27NO3.C13H23NO3.C12H21NO3/c1-3-5-7-9-11-12-14-16-18-22(17-15-13-10-8-6-4-2)21-29-25(28)23-19-20-24(27)26-23;1-3-5-7-9-10-12-14-18(13-11-8-6-4-2)17-25-21(24)19-15-16-20(23)22-19;1-11(2)5-4-6-12(3)9-10-19-15(18)13-7-8-14(17)16-13;1-3-5-6-10(4-2)9-17-13(16)11-7-8-12(15)14-11;1-3-4-5-9(2)8-16-12(15)10-6-7-11(14)13-10/h22-23H,3-21H2,1-2H3,(H,26,27);18-19H,3-17H2,1-2H3,(H,22,23);11-13H,4-10H2,1-3H3,(H,16,17);10-11H,3-9H2,1-2H3,(H,14,15);9-10H,3-8H2,1-2H3,(H,13,14)/t22?,23-;18?,19-;12?,13-;10?,11-;9?,10-/m00000/s1. The summed E-state index contributed by atoms with van der Waals surface area (Å²) in [5.41, 5.74) is 0. The number of ether oxygens (including phenoxy) is 5. The van der Waals surface area contributed by atoms with Crippen molar-refractivity contribution >= 4 is 59.4 Å². The second kappa shape index (κ2) is 65.6. The first-order valence-electron chi connectivity index (χ1n) is 43.4. The Morgan fingerprint density at radius 1 is 0.283 bits per heavy atom. The van der Waals surface area contributed by atoms with Crippen LogP contribution in [0.3, 0.4) is 0 Å². The minimum Gasteiger partial charge on any atom is -0.464 e. The Bertz CT molecular complexity index is 2340. The predicted molar refractivity (Wildman–Crippen MR) is 424 cm³/mol. The van der Waals surface area contributed by atoms with Gasteiger partial charge in [-0.2, -0.15) is 0 Å². The van der Waals surface area contributed by atoms with E-state index in [4.69, 9.17) is 23.7 Å². The lowest BCUT2D eigenvalue weighted by Crippen LogP contribution is -2.35. The normalized spacial score (nSPS) is 19.3. The van der Waals surface area contributed by atoms with E-state index >= 15 is 0 Å². The topological polar surface area (TPSA) is 277 Å². The molecule has 5 rings (SSSR count). The van der Waals surface area contributed by atoms with Crippen LogP contribution >= 0.6 is 0 Å². The first kappa shape index (κ1) is 98.7. The number of esters is 5. The van der Waals surface area contributed by atoms with Gasteiger partial charge in [-0.3, -0.25) is 24.0 Å². The second-order valence-corrected chi connectivity index (χ2v) is 31.8. The number of carbonyl (C=O) groups is 10. The fourth-order valence-electron chi connectivity index (χ4n) is 13.7. The third-order valence-corrected chi connectivity index (χ3v) is 21.1. The van der Waals surface area contributed by atoms with Gasteiger partial charge in [0.2, 0.25) is 29.5 Å². The molecule has 5 aliphatic rings. The van der Waals surface area contributed by atoms with Crippen LogP contribution in [0, 0.1) is 35.5 Å². The number of rotatable bonds is 55. The lowest BCUT2D eigenvalue weighted by atomic mass is 9.94. The molecule has 0 spiro atoms. The lowest BCUT2D eigenvalue weighted by molar-refractivity contribution is -0.148. The zero-order valence-electron chi connectivity index (χ0n) is 69.2. The van der Waals surface area contributed by atoms with Crippen LogP contribution in [-0.4, -0.2) is 123 Å². The van der Waals surface area contributed by atoms with Gasteiger partial charge in [0.15, 0.2) is 0 Å². The number of hydrogen-bond acceptors (Lipinski definition) is 15. The third kappa shape index (κ3) is 52.7. The Morgan fingerprint density at radius 2 is 0.538 bits per heavy atom. The van der Waals surface area contributed by atoms with E-state index in [0.29, 0.717) is 127 Å². The molecule has 5 unspecified atom stereocenters. The maximum atomic E-state index is 12.2. The molecule has 10 atom stereocenters. The number of amides is 5. The summed E-state index contributed by atoms with van der Waals surface area (Å²) in [5.74, 6) is 1.62. The van der Waals surface area contributed by atoms with Gasteiger partial charge in [0, 0.05) is 32.1 Å². The smallest absolute Gasteiger partial charge is 0.328 e. The summed E-state index contributed by atoms with van der Waals surface area (Å²) in [5, 5.41) is 13.3. The number of hydrogen-bond donors (Lipinski definition) is 5. The summed E-state index contributed by atoms with van der Waals surface area (Å²) in [4.78, 5) is 115. The molecule has 106 heavy (non-hydrogen) atoms. The molecule has 20 nitrogen and oxygen atoms in total. The highest BCUT2D eigenvalue weighted by Crippen LogP contribution is 2.24. The minimum atomic E-state index is -0.416. The largest absolute Gasteiger partial charge is 0.464 e. The van der Waals surface area contributed by atoms with E-state index in [-0.39, 0.29) is 59.4 Å². The van der Waals surface area contributed by atoms with Crippen LogP contribution in [-0.2, 0) is 71.6 Å². The van der Waals surface area contributed by atoms with Gasteiger partial charge in [0.05, 0.1) is 33.0 Å². The number of nitrogens with one attached hydrogen (secondary N) is 5. The van der Waals surface area contributed by atoms with E-state index in [0.717, 1.165) is 63.7 Å². The fourth-order valence-corrected chi connectivity index (χ4v) is 13.7. The van der Waals surface area contributed by atoms with Gasteiger partial charge >= 0.3 is 29.8 Å².